The van der Waals surface area contributed by atoms with Crippen LogP contribution in [0.15, 0.2) is 47.5 Å². The van der Waals surface area contributed by atoms with Crippen LogP contribution in [0.5, 0.6) is 5.75 Å². The van der Waals surface area contributed by atoms with Crippen molar-refractivity contribution in [3.05, 3.63) is 58.6 Å². The van der Waals surface area contributed by atoms with Crippen molar-refractivity contribution in [1.29, 1.82) is 0 Å². The number of methoxy groups -OCH3 is 1. The van der Waals surface area contributed by atoms with Gasteiger partial charge in [0.05, 0.1) is 12.8 Å². The van der Waals surface area contributed by atoms with Gasteiger partial charge in [-0.2, -0.15) is 0 Å². The highest BCUT2D eigenvalue weighted by atomic mass is 16.5. The fraction of sp³-hybridized carbons (Fsp3) is 0.500. The third-order valence-electron chi connectivity index (χ3n) is 6.82. The average Bonchev–Trinajstić information content (AvgIpc) is 3.27. The number of aromatic nitrogens is 2. The molecule has 1 aromatic carbocycles. The van der Waals surface area contributed by atoms with Crippen LogP contribution in [-0.4, -0.2) is 77.6 Å². The van der Waals surface area contributed by atoms with Crippen LogP contribution in [0.4, 0.5) is 0 Å². The summed E-state index contributed by atoms with van der Waals surface area (Å²) in [6.45, 7) is 9.48. The van der Waals surface area contributed by atoms with Gasteiger partial charge in [0, 0.05) is 50.2 Å². The molecule has 0 radical (unpaired) electrons. The molecule has 8 heteroatoms. The topological polar surface area (TPSA) is 71.2 Å². The number of hydrogen-bond acceptors (Lipinski definition) is 5. The summed E-state index contributed by atoms with van der Waals surface area (Å²) in [6.07, 6.45) is 7.15. The number of amides is 1. The van der Waals surface area contributed by atoms with Gasteiger partial charge in [-0.05, 0) is 70.5 Å². The molecule has 0 bridgehead atoms. The van der Waals surface area contributed by atoms with Crippen LogP contribution in [-0.2, 0) is 17.8 Å². The minimum absolute atomic E-state index is 0.00273. The molecule has 36 heavy (non-hydrogen) atoms. The summed E-state index contributed by atoms with van der Waals surface area (Å²) in [7, 11) is 3.80. The van der Waals surface area contributed by atoms with Crippen molar-refractivity contribution in [2.45, 2.75) is 45.7 Å². The van der Waals surface area contributed by atoms with Crippen LogP contribution >= 0.6 is 0 Å². The van der Waals surface area contributed by atoms with Gasteiger partial charge in [0.15, 0.2) is 0 Å². The van der Waals surface area contributed by atoms with Crippen molar-refractivity contribution in [1.82, 2.24) is 24.1 Å². The lowest BCUT2D eigenvalue weighted by atomic mass is 10.1. The summed E-state index contributed by atoms with van der Waals surface area (Å²) < 4.78 is 8.87. The summed E-state index contributed by atoms with van der Waals surface area (Å²) >= 11 is 0. The molecule has 1 N–H and O–H groups in total. The Morgan fingerprint density at radius 2 is 1.86 bits per heavy atom. The summed E-state index contributed by atoms with van der Waals surface area (Å²) in [5.41, 5.74) is 3.08. The fourth-order valence-corrected chi connectivity index (χ4v) is 4.82. The number of benzene rings is 1. The van der Waals surface area contributed by atoms with Gasteiger partial charge >= 0.3 is 0 Å². The molecule has 1 aliphatic heterocycles. The van der Waals surface area contributed by atoms with Crippen molar-refractivity contribution < 1.29 is 9.53 Å². The van der Waals surface area contributed by atoms with Crippen molar-refractivity contribution in [2.24, 2.45) is 0 Å². The first-order valence-corrected chi connectivity index (χ1v) is 12.9. The van der Waals surface area contributed by atoms with E-state index in [4.69, 9.17) is 4.74 Å². The third kappa shape index (κ3) is 6.36. The van der Waals surface area contributed by atoms with Gasteiger partial charge in [0.1, 0.15) is 17.8 Å². The predicted molar refractivity (Wildman–Crippen MR) is 144 cm³/mol. The number of carbonyl (C=O) groups excluding carboxylic acids is 1. The van der Waals surface area contributed by atoms with Crippen molar-refractivity contribution in [2.75, 3.05) is 46.9 Å². The summed E-state index contributed by atoms with van der Waals surface area (Å²) in [4.78, 5) is 31.1. The molecule has 1 fully saturated rings. The van der Waals surface area contributed by atoms with Gasteiger partial charge in [0.2, 0.25) is 5.91 Å². The van der Waals surface area contributed by atoms with Crippen LogP contribution < -0.4 is 15.6 Å². The predicted octanol–water partition coefficient (Wildman–Crippen LogP) is 2.87. The maximum atomic E-state index is 13.6. The lowest BCUT2D eigenvalue weighted by Gasteiger charge is -2.32. The lowest BCUT2D eigenvalue weighted by Crippen LogP contribution is -2.44. The number of likely N-dealkylation sites (N-methyl/N-ethyl adjacent to an activating group) is 1. The molecule has 2 aromatic heterocycles. The second kappa shape index (κ2) is 11.8. The number of unbranched alkanes of at least 4 members (excludes halogenated alkanes) is 1. The SMILES string of the molecule is COc1cccc(-c2cn3cc(CCCCN4CCN(C)CC4)cc3c(=O)n2CC(=O)NC(C)C)c1. The number of aryl methyl sites for hydroxylation is 1. The molecule has 1 amide bonds. The number of hydrogen-bond donors (Lipinski definition) is 1. The van der Waals surface area contributed by atoms with E-state index in [-0.39, 0.29) is 24.1 Å². The maximum absolute atomic E-state index is 13.6. The monoisotopic (exact) mass is 493 g/mol. The molecule has 4 rings (SSSR count). The molecule has 1 saturated heterocycles. The minimum atomic E-state index is -0.184. The normalized spacial score (nSPS) is 15.0. The molecular formula is C28H39N5O3. The summed E-state index contributed by atoms with van der Waals surface area (Å²) in [5.74, 6) is 0.517. The van der Waals surface area contributed by atoms with E-state index in [1.807, 2.05) is 54.8 Å². The number of nitrogens with zero attached hydrogens (tertiary/aromatic N) is 4. The average molecular weight is 494 g/mol. The molecule has 194 valence electrons. The van der Waals surface area contributed by atoms with Crippen molar-refractivity contribution in [3.63, 3.8) is 0 Å². The van der Waals surface area contributed by atoms with Gasteiger partial charge < -0.3 is 24.3 Å². The molecule has 0 aliphatic carbocycles. The van der Waals surface area contributed by atoms with E-state index in [9.17, 15) is 9.59 Å². The number of fused-ring (bicyclic) bond motifs is 1. The van der Waals surface area contributed by atoms with Gasteiger partial charge in [-0.1, -0.05) is 12.1 Å². The van der Waals surface area contributed by atoms with Gasteiger partial charge in [-0.3, -0.25) is 14.2 Å². The minimum Gasteiger partial charge on any atom is -0.497 e. The van der Waals surface area contributed by atoms with E-state index >= 15 is 0 Å². The largest absolute Gasteiger partial charge is 0.497 e. The molecule has 0 saturated carbocycles. The van der Waals surface area contributed by atoms with Gasteiger partial charge in [-0.15, -0.1) is 0 Å². The van der Waals surface area contributed by atoms with Gasteiger partial charge in [-0.25, -0.2) is 0 Å². The quantitative estimate of drug-likeness (QED) is 0.440. The second-order valence-corrected chi connectivity index (χ2v) is 10.1. The van der Waals surface area contributed by atoms with E-state index in [2.05, 4.69) is 28.4 Å². The van der Waals surface area contributed by atoms with Crippen molar-refractivity contribution in [3.8, 4) is 17.0 Å². The zero-order valence-corrected chi connectivity index (χ0v) is 22.0. The van der Waals surface area contributed by atoms with E-state index in [1.54, 1.807) is 11.7 Å². The number of piperazine rings is 1. The first-order chi connectivity index (χ1) is 17.3. The highest BCUT2D eigenvalue weighted by Crippen LogP contribution is 2.24. The molecule has 3 heterocycles. The fourth-order valence-electron chi connectivity index (χ4n) is 4.82. The Morgan fingerprint density at radius 1 is 1.08 bits per heavy atom. The Bertz CT molecular complexity index is 1240. The molecule has 1 aliphatic rings. The number of rotatable bonds is 10. The molecule has 0 unspecified atom stereocenters. The highest BCUT2D eigenvalue weighted by Gasteiger charge is 2.17. The van der Waals surface area contributed by atoms with Crippen LogP contribution in [0.25, 0.3) is 16.8 Å². The summed E-state index contributed by atoms with van der Waals surface area (Å²) in [5, 5.41) is 2.90. The first kappa shape index (κ1) is 26.0. The maximum Gasteiger partial charge on any atom is 0.275 e. The third-order valence-corrected chi connectivity index (χ3v) is 6.82. The smallest absolute Gasteiger partial charge is 0.275 e. The molecule has 3 aromatic rings. The number of ether oxygens (including phenoxy) is 1. The van der Waals surface area contributed by atoms with Crippen molar-refractivity contribution >= 4 is 11.4 Å². The molecule has 8 nitrogen and oxygen atoms in total. The van der Waals surface area contributed by atoms with Crippen LogP contribution in [0.1, 0.15) is 32.3 Å². The Kier molecular flexibility index (Phi) is 8.48. The Balaban J connectivity index is 1.56. The molecule has 0 spiro atoms. The van der Waals surface area contributed by atoms with Crippen LogP contribution in [0.3, 0.4) is 0 Å². The molecular weight excluding hydrogens is 454 g/mol. The molecule has 0 atom stereocenters. The Morgan fingerprint density at radius 3 is 2.58 bits per heavy atom. The van der Waals surface area contributed by atoms with E-state index in [1.165, 1.54) is 0 Å². The zero-order chi connectivity index (χ0) is 25.7. The van der Waals surface area contributed by atoms with E-state index in [0.717, 1.165) is 63.1 Å². The van der Waals surface area contributed by atoms with Crippen LogP contribution in [0.2, 0.25) is 0 Å². The van der Waals surface area contributed by atoms with Crippen LogP contribution in [0, 0.1) is 0 Å². The Labute approximate surface area is 213 Å². The lowest BCUT2D eigenvalue weighted by molar-refractivity contribution is -0.122. The standard InChI is InChI=1S/C28H39N5O3/c1-21(2)29-27(34)20-33-26(23-9-7-10-24(17-23)36-4)19-32-18-22(16-25(32)28(33)35)8-5-6-11-31-14-12-30(3)13-15-31/h7,9-10,16-19,21H,5-6,8,11-15,20H2,1-4H3,(H,29,34). The van der Waals surface area contributed by atoms with E-state index < -0.39 is 0 Å². The number of nitrogens with one attached hydrogen (secondary N) is 1. The Hall–Kier alpha value is -3.10. The second-order valence-electron chi connectivity index (χ2n) is 10.1. The zero-order valence-electron chi connectivity index (χ0n) is 22.0. The number of carbonyl (C=O) groups is 1. The highest BCUT2D eigenvalue weighted by molar-refractivity contribution is 5.77. The summed E-state index contributed by atoms with van der Waals surface area (Å²) in [6, 6.07) is 9.56. The van der Waals surface area contributed by atoms with E-state index in [0.29, 0.717) is 17.0 Å². The van der Waals surface area contributed by atoms with Gasteiger partial charge in [0.25, 0.3) is 5.56 Å². The first-order valence-electron chi connectivity index (χ1n) is 12.9.